The molecule has 31 heavy (non-hydrogen) atoms. The Hall–Kier alpha value is -2.79. The lowest BCUT2D eigenvalue weighted by molar-refractivity contribution is -0.141. The van der Waals surface area contributed by atoms with Crippen LogP contribution in [-0.4, -0.2) is 67.1 Å². The van der Waals surface area contributed by atoms with Crippen molar-refractivity contribution in [2.75, 3.05) is 13.7 Å². The van der Waals surface area contributed by atoms with Crippen molar-refractivity contribution < 1.29 is 32.3 Å². The van der Waals surface area contributed by atoms with E-state index in [0.717, 1.165) is 0 Å². The summed E-state index contributed by atoms with van der Waals surface area (Å²) in [5, 5.41) is 2.22. The molecule has 0 spiro atoms. The predicted octanol–water partition coefficient (Wildman–Crippen LogP) is 0.410. The van der Waals surface area contributed by atoms with Gasteiger partial charge in [-0.15, -0.1) is 0 Å². The van der Waals surface area contributed by atoms with E-state index in [1.54, 1.807) is 13.8 Å². The molecule has 0 bridgehead atoms. The van der Waals surface area contributed by atoms with Crippen molar-refractivity contribution in [1.82, 2.24) is 14.5 Å². The second-order valence-electron chi connectivity index (χ2n) is 7.72. The van der Waals surface area contributed by atoms with E-state index in [4.69, 9.17) is 0 Å². The molecule has 1 aromatic carbocycles. The van der Waals surface area contributed by atoms with E-state index in [-0.39, 0.29) is 42.8 Å². The van der Waals surface area contributed by atoms with Crippen LogP contribution in [0.15, 0.2) is 23.1 Å². The summed E-state index contributed by atoms with van der Waals surface area (Å²) in [5.41, 5.74) is 0.517. The number of rotatable bonds is 7. The summed E-state index contributed by atoms with van der Waals surface area (Å²) in [5.74, 6) is -1.94. The molecular weight excluding hydrogens is 426 g/mol. The van der Waals surface area contributed by atoms with Gasteiger partial charge in [0.1, 0.15) is 6.04 Å². The molecule has 0 aromatic heterocycles. The van der Waals surface area contributed by atoms with Gasteiger partial charge in [-0.2, -0.15) is 4.31 Å². The van der Waals surface area contributed by atoms with Crippen molar-refractivity contribution in [3.63, 3.8) is 0 Å². The highest BCUT2D eigenvalue weighted by atomic mass is 32.2. The molecule has 3 rings (SSSR count). The van der Waals surface area contributed by atoms with Crippen LogP contribution in [0.2, 0.25) is 0 Å². The van der Waals surface area contributed by atoms with Crippen LogP contribution in [0.3, 0.4) is 0 Å². The number of nitrogens with zero attached hydrogens (tertiary/aromatic N) is 2. The zero-order chi connectivity index (χ0) is 22.9. The van der Waals surface area contributed by atoms with Crippen LogP contribution in [0.25, 0.3) is 0 Å². The third-order valence-electron chi connectivity index (χ3n) is 5.47. The van der Waals surface area contributed by atoms with E-state index in [2.05, 4.69) is 10.1 Å². The number of hydrogen-bond acceptors (Lipinski definition) is 7. The van der Waals surface area contributed by atoms with E-state index < -0.39 is 45.8 Å². The third-order valence-corrected chi connectivity index (χ3v) is 7.63. The normalized spacial score (nSPS) is 19.1. The molecule has 2 aliphatic heterocycles. The number of esters is 1. The number of benzene rings is 1. The molecule has 0 saturated carbocycles. The van der Waals surface area contributed by atoms with E-state index in [1.165, 1.54) is 34.5 Å². The van der Waals surface area contributed by atoms with Gasteiger partial charge in [0.15, 0.2) is 0 Å². The van der Waals surface area contributed by atoms with E-state index in [1.807, 2.05) is 0 Å². The van der Waals surface area contributed by atoms with Gasteiger partial charge >= 0.3 is 5.97 Å². The van der Waals surface area contributed by atoms with Crippen LogP contribution < -0.4 is 5.32 Å². The molecular formula is C20H25N3O7S. The molecule has 1 atom stereocenters. The standard InChI is InChI=1S/C20H25N3O7S/c1-12(2)23(10-9-18(25)30-3)31(28,29)16-6-4-5-13-14(16)11-22(20(13)27)15-7-8-17(24)21-19(15)26/h4-6,12,15H,7-11H2,1-3H3,(H,21,24,26). The van der Waals surface area contributed by atoms with Gasteiger partial charge in [-0.05, 0) is 32.4 Å². The highest BCUT2D eigenvalue weighted by Gasteiger charge is 2.42. The molecule has 3 amide bonds. The zero-order valence-electron chi connectivity index (χ0n) is 17.6. The first kappa shape index (κ1) is 22.9. The Bertz CT molecular complexity index is 1040. The van der Waals surface area contributed by atoms with Crippen LogP contribution in [0.5, 0.6) is 0 Å². The Morgan fingerprint density at radius 2 is 2.00 bits per heavy atom. The molecule has 1 saturated heterocycles. The molecule has 1 N–H and O–H groups in total. The van der Waals surface area contributed by atoms with Crippen molar-refractivity contribution in [3.8, 4) is 0 Å². The second-order valence-corrected chi connectivity index (χ2v) is 9.58. The van der Waals surface area contributed by atoms with Crippen molar-refractivity contribution in [2.24, 2.45) is 0 Å². The molecule has 168 valence electrons. The molecule has 2 aliphatic rings. The minimum absolute atomic E-state index is 0.0355. The Morgan fingerprint density at radius 1 is 1.29 bits per heavy atom. The fourth-order valence-corrected chi connectivity index (χ4v) is 5.76. The average Bonchev–Trinajstić information content (AvgIpc) is 3.04. The maximum Gasteiger partial charge on any atom is 0.306 e. The number of carbonyl (C=O) groups excluding carboxylic acids is 4. The molecule has 2 heterocycles. The van der Waals surface area contributed by atoms with Gasteiger partial charge in [-0.25, -0.2) is 8.42 Å². The number of methoxy groups -OCH3 is 1. The topological polar surface area (TPSA) is 130 Å². The van der Waals surface area contributed by atoms with Crippen LogP contribution in [-0.2, 0) is 35.7 Å². The van der Waals surface area contributed by atoms with E-state index in [9.17, 15) is 27.6 Å². The van der Waals surface area contributed by atoms with Crippen molar-refractivity contribution >= 4 is 33.7 Å². The van der Waals surface area contributed by atoms with Crippen LogP contribution in [0.4, 0.5) is 0 Å². The number of amides is 3. The Balaban J connectivity index is 1.94. The predicted molar refractivity (Wildman–Crippen MR) is 108 cm³/mol. The highest BCUT2D eigenvalue weighted by Crippen LogP contribution is 2.33. The summed E-state index contributed by atoms with van der Waals surface area (Å²) in [6.07, 6.45) is 0.185. The van der Waals surface area contributed by atoms with Crippen molar-refractivity contribution in [1.29, 1.82) is 0 Å². The highest BCUT2D eigenvalue weighted by molar-refractivity contribution is 7.89. The minimum Gasteiger partial charge on any atom is -0.469 e. The number of imide groups is 1. The zero-order valence-corrected chi connectivity index (χ0v) is 18.4. The summed E-state index contributed by atoms with van der Waals surface area (Å²) in [6, 6.07) is 3.15. The van der Waals surface area contributed by atoms with Gasteiger partial charge < -0.3 is 9.64 Å². The van der Waals surface area contributed by atoms with Gasteiger partial charge in [-0.1, -0.05) is 6.07 Å². The summed E-state index contributed by atoms with van der Waals surface area (Å²) in [7, 11) is -2.81. The Morgan fingerprint density at radius 3 is 2.61 bits per heavy atom. The Kier molecular flexibility index (Phi) is 6.46. The van der Waals surface area contributed by atoms with Gasteiger partial charge in [0, 0.05) is 36.7 Å². The fraction of sp³-hybridized carbons (Fsp3) is 0.500. The summed E-state index contributed by atoms with van der Waals surface area (Å²) in [6.45, 7) is 3.26. The molecule has 0 radical (unpaired) electrons. The second kappa shape index (κ2) is 8.75. The van der Waals surface area contributed by atoms with Crippen LogP contribution in [0.1, 0.15) is 49.0 Å². The minimum atomic E-state index is -4.04. The monoisotopic (exact) mass is 451 g/mol. The lowest BCUT2D eigenvalue weighted by Gasteiger charge is -2.29. The maximum atomic E-state index is 13.5. The molecule has 11 heteroatoms. The molecule has 1 aromatic rings. The third kappa shape index (κ3) is 4.33. The number of piperidine rings is 1. The largest absolute Gasteiger partial charge is 0.469 e. The average molecular weight is 452 g/mol. The van der Waals surface area contributed by atoms with Crippen LogP contribution >= 0.6 is 0 Å². The van der Waals surface area contributed by atoms with Gasteiger partial charge in [0.05, 0.1) is 18.4 Å². The Labute approximate surface area is 180 Å². The first-order valence-corrected chi connectivity index (χ1v) is 11.4. The number of sulfonamides is 1. The first-order valence-electron chi connectivity index (χ1n) is 9.93. The quantitative estimate of drug-likeness (QED) is 0.469. The van der Waals surface area contributed by atoms with Gasteiger partial charge in [-0.3, -0.25) is 24.5 Å². The molecule has 1 unspecified atom stereocenters. The number of carbonyl (C=O) groups is 4. The molecule has 0 aliphatic carbocycles. The van der Waals surface area contributed by atoms with Crippen molar-refractivity contribution in [2.45, 2.75) is 56.6 Å². The summed E-state index contributed by atoms with van der Waals surface area (Å²) < 4.78 is 32.7. The van der Waals surface area contributed by atoms with Crippen LogP contribution in [0, 0.1) is 0 Å². The number of nitrogens with one attached hydrogen (secondary N) is 1. The van der Waals surface area contributed by atoms with Crippen molar-refractivity contribution in [3.05, 3.63) is 29.3 Å². The molecule has 10 nitrogen and oxygen atoms in total. The lowest BCUT2D eigenvalue weighted by atomic mass is 10.0. The first-order chi connectivity index (χ1) is 14.6. The van der Waals surface area contributed by atoms with E-state index in [0.29, 0.717) is 5.56 Å². The number of fused-ring (bicyclic) bond motifs is 1. The summed E-state index contributed by atoms with van der Waals surface area (Å²) in [4.78, 5) is 49.5. The number of ether oxygens (including phenoxy) is 1. The van der Waals surface area contributed by atoms with E-state index >= 15 is 0 Å². The van der Waals surface area contributed by atoms with Gasteiger partial charge in [0.25, 0.3) is 5.91 Å². The smallest absolute Gasteiger partial charge is 0.306 e. The fourth-order valence-electron chi connectivity index (χ4n) is 3.88. The molecule has 1 fully saturated rings. The SMILES string of the molecule is COC(=O)CCN(C(C)C)S(=O)(=O)c1cccc2c1CN(C1CCC(=O)NC1=O)C2=O. The van der Waals surface area contributed by atoms with Gasteiger partial charge in [0.2, 0.25) is 21.8 Å². The lowest BCUT2D eigenvalue weighted by Crippen LogP contribution is -2.52. The summed E-state index contributed by atoms with van der Waals surface area (Å²) >= 11 is 0. The number of hydrogen-bond donors (Lipinski definition) is 1. The maximum absolute atomic E-state index is 13.5.